The summed E-state index contributed by atoms with van der Waals surface area (Å²) in [6.45, 7) is 1.05. The number of nitriles is 1. The predicted octanol–water partition coefficient (Wildman–Crippen LogP) is 3.64. The van der Waals surface area contributed by atoms with E-state index >= 15 is 0 Å². The average Bonchev–Trinajstić information content (AvgIpc) is 2.42. The van der Waals surface area contributed by atoms with Crippen LogP contribution in [-0.4, -0.2) is 0 Å². The fraction of sp³-hybridized carbons (Fsp3) is 0.133. The Labute approximate surface area is 116 Å². The molecular weight excluding hydrogens is 263 g/mol. The molecule has 2 aromatic carbocycles. The zero-order valence-corrected chi connectivity index (χ0v) is 10.9. The van der Waals surface area contributed by atoms with Crippen LogP contribution in [-0.2, 0) is 13.1 Å². The van der Waals surface area contributed by atoms with Crippen LogP contribution in [0.1, 0.15) is 16.7 Å². The molecule has 0 aliphatic carbocycles. The van der Waals surface area contributed by atoms with Crippen LogP contribution in [0.3, 0.4) is 0 Å². The lowest BCUT2D eigenvalue weighted by molar-refractivity contribution is 0.588. The number of rotatable bonds is 4. The fourth-order valence-electron chi connectivity index (χ4n) is 1.70. The topological polar surface area (TPSA) is 35.8 Å². The van der Waals surface area contributed by atoms with E-state index in [9.17, 15) is 4.39 Å². The molecule has 2 rings (SSSR count). The first-order valence-corrected chi connectivity index (χ1v) is 6.20. The Morgan fingerprint density at radius 1 is 1.11 bits per heavy atom. The lowest BCUT2D eigenvalue weighted by Crippen LogP contribution is -2.13. The molecule has 4 heteroatoms. The van der Waals surface area contributed by atoms with Crippen LogP contribution in [0.25, 0.3) is 0 Å². The SMILES string of the molecule is N#Cc1ccc(CNCc2ccc(Cl)cc2F)cc1. The second kappa shape index (κ2) is 6.33. The van der Waals surface area contributed by atoms with Crippen molar-refractivity contribution in [3.05, 3.63) is 70.0 Å². The van der Waals surface area contributed by atoms with E-state index in [-0.39, 0.29) is 5.82 Å². The van der Waals surface area contributed by atoms with E-state index in [1.54, 1.807) is 24.3 Å². The van der Waals surface area contributed by atoms with Gasteiger partial charge in [-0.15, -0.1) is 0 Å². The molecule has 0 bridgehead atoms. The molecule has 0 fully saturated rings. The van der Waals surface area contributed by atoms with Gasteiger partial charge in [0.05, 0.1) is 11.6 Å². The molecule has 0 radical (unpaired) electrons. The molecule has 0 heterocycles. The van der Waals surface area contributed by atoms with Crippen LogP contribution in [0, 0.1) is 17.1 Å². The molecule has 0 unspecified atom stereocenters. The average molecular weight is 275 g/mol. The molecule has 0 aliphatic rings. The first-order valence-electron chi connectivity index (χ1n) is 5.83. The van der Waals surface area contributed by atoms with Gasteiger partial charge in [0.25, 0.3) is 0 Å². The second-order valence-corrected chi connectivity index (χ2v) is 4.58. The number of halogens is 2. The van der Waals surface area contributed by atoms with Gasteiger partial charge in [-0.25, -0.2) is 4.39 Å². The molecule has 2 aromatic rings. The van der Waals surface area contributed by atoms with Gasteiger partial charge in [0, 0.05) is 23.7 Å². The summed E-state index contributed by atoms with van der Waals surface area (Å²) < 4.78 is 13.5. The van der Waals surface area contributed by atoms with Crippen molar-refractivity contribution in [1.29, 1.82) is 5.26 Å². The van der Waals surface area contributed by atoms with Gasteiger partial charge in [0.15, 0.2) is 0 Å². The largest absolute Gasteiger partial charge is 0.309 e. The molecule has 0 saturated heterocycles. The molecule has 0 amide bonds. The lowest BCUT2D eigenvalue weighted by atomic mass is 10.1. The highest BCUT2D eigenvalue weighted by molar-refractivity contribution is 6.30. The van der Waals surface area contributed by atoms with Crippen molar-refractivity contribution in [2.75, 3.05) is 0 Å². The van der Waals surface area contributed by atoms with Crippen molar-refractivity contribution >= 4 is 11.6 Å². The molecule has 0 aromatic heterocycles. The Morgan fingerprint density at radius 2 is 1.84 bits per heavy atom. The van der Waals surface area contributed by atoms with Gasteiger partial charge in [-0.1, -0.05) is 29.8 Å². The number of nitrogens with zero attached hydrogens (tertiary/aromatic N) is 1. The van der Waals surface area contributed by atoms with E-state index < -0.39 is 0 Å². The third-order valence-electron chi connectivity index (χ3n) is 2.74. The van der Waals surface area contributed by atoms with E-state index in [2.05, 4.69) is 11.4 Å². The van der Waals surface area contributed by atoms with Crippen molar-refractivity contribution in [3.63, 3.8) is 0 Å². The molecular formula is C15H12ClFN2. The summed E-state index contributed by atoms with van der Waals surface area (Å²) in [7, 11) is 0. The normalized spacial score (nSPS) is 10.2. The second-order valence-electron chi connectivity index (χ2n) is 4.15. The third-order valence-corrected chi connectivity index (χ3v) is 2.98. The van der Waals surface area contributed by atoms with Crippen LogP contribution >= 0.6 is 11.6 Å². The van der Waals surface area contributed by atoms with Gasteiger partial charge >= 0.3 is 0 Å². The summed E-state index contributed by atoms with van der Waals surface area (Å²) in [5.41, 5.74) is 2.26. The lowest BCUT2D eigenvalue weighted by Gasteiger charge is -2.06. The number of benzene rings is 2. The van der Waals surface area contributed by atoms with E-state index in [1.807, 2.05) is 12.1 Å². The minimum atomic E-state index is -0.306. The van der Waals surface area contributed by atoms with Crippen LogP contribution in [0.2, 0.25) is 5.02 Å². The molecule has 1 N–H and O–H groups in total. The first kappa shape index (κ1) is 13.5. The standard InChI is InChI=1S/C15H12ClFN2/c16-14-6-5-13(15(17)7-14)10-19-9-12-3-1-11(8-18)2-4-12/h1-7,19H,9-10H2. The summed E-state index contributed by atoms with van der Waals surface area (Å²) in [6.07, 6.45) is 0. The van der Waals surface area contributed by atoms with Crippen molar-refractivity contribution in [2.45, 2.75) is 13.1 Å². The maximum Gasteiger partial charge on any atom is 0.129 e. The van der Waals surface area contributed by atoms with E-state index in [0.717, 1.165) is 5.56 Å². The quantitative estimate of drug-likeness (QED) is 0.924. The highest BCUT2D eigenvalue weighted by Gasteiger charge is 2.02. The van der Waals surface area contributed by atoms with Crippen molar-refractivity contribution < 1.29 is 4.39 Å². The first-order chi connectivity index (χ1) is 9.19. The molecule has 2 nitrogen and oxygen atoms in total. The van der Waals surface area contributed by atoms with Gasteiger partial charge in [-0.3, -0.25) is 0 Å². The summed E-state index contributed by atoms with van der Waals surface area (Å²) in [6, 6.07) is 14.0. The summed E-state index contributed by atoms with van der Waals surface area (Å²) >= 11 is 5.69. The van der Waals surface area contributed by atoms with Gasteiger partial charge < -0.3 is 5.32 Å². The highest BCUT2D eigenvalue weighted by atomic mass is 35.5. The highest BCUT2D eigenvalue weighted by Crippen LogP contribution is 2.14. The molecule has 0 saturated carbocycles. The zero-order valence-electron chi connectivity index (χ0n) is 10.2. The van der Waals surface area contributed by atoms with Crippen LogP contribution in [0.4, 0.5) is 4.39 Å². The van der Waals surface area contributed by atoms with Gasteiger partial charge in [-0.2, -0.15) is 5.26 Å². The third kappa shape index (κ3) is 3.78. The maximum atomic E-state index is 13.5. The maximum absolute atomic E-state index is 13.5. The molecule has 0 atom stereocenters. The summed E-state index contributed by atoms with van der Waals surface area (Å²) in [5, 5.41) is 12.2. The smallest absolute Gasteiger partial charge is 0.129 e. The van der Waals surface area contributed by atoms with Crippen molar-refractivity contribution in [2.24, 2.45) is 0 Å². The van der Waals surface area contributed by atoms with Gasteiger partial charge in [-0.05, 0) is 29.8 Å². The van der Waals surface area contributed by atoms with Gasteiger partial charge in [0.2, 0.25) is 0 Å². The zero-order chi connectivity index (χ0) is 13.7. The number of hydrogen-bond acceptors (Lipinski definition) is 2. The molecule has 0 aliphatic heterocycles. The summed E-state index contributed by atoms with van der Waals surface area (Å²) in [4.78, 5) is 0. The Balaban J connectivity index is 1.91. The van der Waals surface area contributed by atoms with Crippen LogP contribution in [0.5, 0.6) is 0 Å². The fourth-order valence-corrected chi connectivity index (χ4v) is 1.86. The van der Waals surface area contributed by atoms with Crippen LogP contribution < -0.4 is 5.32 Å². The van der Waals surface area contributed by atoms with Crippen molar-refractivity contribution in [3.8, 4) is 6.07 Å². The Bertz CT molecular complexity index is 603. The number of nitrogens with one attached hydrogen (secondary N) is 1. The van der Waals surface area contributed by atoms with Gasteiger partial charge in [0.1, 0.15) is 5.82 Å². The van der Waals surface area contributed by atoms with Crippen LogP contribution in [0.15, 0.2) is 42.5 Å². The minimum absolute atomic E-state index is 0.306. The monoisotopic (exact) mass is 274 g/mol. The Morgan fingerprint density at radius 3 is 2.47 bits per heavy atom. The summed E-state index contributed by atoms with van der Waals surface area (Å²) in [5.74, 6) is -0.306. The molecule has 19 heavy (non-hydrogen) atoms. The Kier molecular flexibility index (Phi) is 4.51. The molecule has 0 spiro atoms. The van der Waals surface area contributed by atoms with E-state index in [1.165, 1.54) is 6.07 Å². The number of hydrogen-bond donors (Lipinski definition) is 1. The Hall–Kier alpha value is -1.89. The van der Waals surface area contributed by atoms with E-state index in [4.69, 9.17) is 16.9 Å². The predicted molar refractivity (Wildman–Crippen MR) is 73.1 cm³/mol. The minimum Gasteiger partial charge on any atom is -0.309 e. The molecule has 96 valence electrons. The van der Waals surface area contributed by atoms with Crippen molar-refractivity contribution in [1.82, 2.24) is 5.32 Å². The van der Waals surface area contributed by atoms with E-state index in [0.29, 0.717) is 29.2 Å².